The molecule has 3 aliphatic rings. The van der Waals surface area contributed by atoms with Crippen molar-refractivity contribution >= 4 is 5.82 Å². The van der Waals surface area contributed by atoms with E-state index in [2.05, 4.69) is 15.3 Å². The predicted octanol–water partition coefficient (Wildman–Crippen LogP) is 3.51. The summed E-state index contributed by atoms with van der Waals surface area (Å²) in [6, 6.07) is 9.39. The van der Waals surface area contributed by atoms with Gasteiger partial charge in [0.25, 0.3) is 5.56 Å². The quantitative estimate of drug-likeness (QED) is 0.623. The minimum atomic E-state index is -0.933. The molecule has 0 radical (unpaired) electrons. The second kappa shape index (κ2) is 8.24. The minimum absolute atomic E-state index is 0.0163. The van der Waals surface area contributed by atoms with E-state index in [4.69, 9.17) is 5.26 Å². The zero-order valence-corrected chi connectivity index (χ0v) is 19.1. The van der Waals surface area contributed by atoms with Crippen LogP contribution in [0.15, 0.2) is 41.3 Å². The topological polar surface area (TPSA) is 86.8 Å². The monoisotopic (exact) mass is 474 g/mol. The van der Waals surface area contributed by atoms with Crippen LogP contribution in [-0.4, -0.2) is 40.7 Å². The molecule has 1 aromatic carbocycles. The fourth-order valence-electron chi connectivity index (χ4n) is 5.29. The molecular weight excluding hydrogens is 450 g/mol. The van der Waals surface area contributed by atoms with Gasteiger partial charge in [-0.3, -0.25) is 14.3 Å². The maximum Gasteiger partial charge on any atom is 0.296 e. The lowest BCUT2D eigenvalue weighted by Crippen LogP contribution is -2.33. The number of anilines is 1. The molecule has 2 aliphatic heterocycles. The van der Waals surface area contributed by atoms with Crippen LogP contribution < -0.4 is 15.8 Å². The standard InChI is InChI=1S/C26H24F2N6O/c27-20-11-17(3-4-18(20)12-29)23-32-24(33-10-8-26(15-33)7-9-30-14-26)22(28)25(35)34(23)19-5-6-21(31-13-19)16-1-2-16/h3-6,11,13,16,30H,1-2,7-10,14-15H2. The van der Waals surface area contributed by atoms with Crippen LogP contribution in [0, 0.1) is 28.4 Å². The summed E-state index contributed by atoms with van der Waals surface area (Å²) in [5.74, 6) is -1.13. The van der Waals surface area contributed by atoms with Gasteiger partial charge in [-0.1, -0.05) is 0 Å². The summed E-state index contributed by atoms with van der Waals surface area (Å²) in [6.07, 6.45) is 5.58. The molecule has 1 atom stereocenters. The summed E-state index contributed by atoms with van der Waals surface area (Å²) < 4.78 is 31.3. The third-order valence-corrected chi connectivity index (χ3v) is 7.45. The van der Waals surface area contributed by atoms with Gasteiger partial charge in [0.2, 0.25) is 5.82 Å². The molecular formula is C26H24F2N6O. The highest BCUT2D eigenvalue weighted by molar-refractivity contribution is 5.63. The molecule has 1 unspecified atom stereocenters. The Labute approximate surface area is 201 Å². The highest BCUT2D eigenvalue weighted by atomic mass is 19.1. The largest absolute Gasteiger partial charge is 0.353 e. The molecule has 7 nitrogen and oxygen atoms in total. The molecule has 4 heterocycles. The lowest BCUT2D eigenvalue weighted by atomic mass is 9.87. The molecule has 1 saturated carbocycles. The van der Waals surface area contributed by atoms with Crippen molar-refractivity contribution < 1.29 is 8.78 Å². The summed E-state index contributed by atoms with van der Waals surface area (Å²) in [4.78, 5) is 24.3. The number of nitrogens with zero attached hydrogens (tertiary/aromatic N) is 5. The lowest BCUT2D eigenvalue weighted by Gasteiger charge is -2.24. The van der Waals surface area contributed by atoms with Crippen molar-refractivity contribution in [3.05, 3.63) is 69.8 Å². The van der Waals surface area contributed by atoms with E-state index < -0.39 is 17.2 Å². The Bertz CT molecular complexity index is 1400. The number of aromatic nitrogens is 3. The number of hydrogen-bond acceptors (Lipinski definition) is 6. The first-order valence-electron chi connectivity index (χ1n) is 11.9. The van der Waals surface area contributed by atoms with Crippen molar-refractivity contribution in [1.29, 1.82) is 5.26 Å². The van der Waals surface area contributed by atoms with Gasteiger partial charge in [-0.25, -0.2) is 9.37 Å². The third-order valence-electron chi connectivity index (χ3n) is 7.45. The highest BCUT2D eigenvalue weighted by Crippen LogP contribution is 2.40. The maximum absolute atomic E-state index is 15.6. The van der Waals surface area contributed by atoms with E-state index in [0.29, 0.717) is 24.7 Å². The molecule has 3 fully saturated rings. The first kappa shape index (κ1) is 21.9. The third kappa shape index (κ3) is 3.78. The average molecular weight is 475 g/mol. The molecule has 2 saturated heterocycles. The van der Waals surface area contributed by atoms with Crippen LogP contribution in [0.3, 0.4) is 0 Å². The van der Waals surface area contributed by atoms with Gasteiger partial charge in [-0.15, -0.1) is 0 Å². The fourth-order valence-corrected chi connectivity index (χ4v) is 5.29. The molecule has 1 spiro atoms. The van der Waals surface area contributed by atoms with Crippen LogP contribution in [-0.2, 0) is 0 Å². The summed E-state index contributed by atoms with van der Waals surface area (Å²) >= 11 is 0. The number of rotatable bonds is 4. The number of benzene rings is 1. The molecule has 0 amide bonds. The molecule has 1 aliphatic carbocycles. The maximum atomic E-state index is 15.6. The summed E-state index contributed by atoms with van der Waals surface area (Å²) in [5, 5.41) is 12.5. The van der Waals surface area contributed by atoms with Crippen LogP contribution in [0.1, 0.15) is 42.9 Å². The SMILES string of the molecule is N#Cc1ccc(-c2nc(N3CCC4(CCNC4)C3)c(F)c(=O)n2-c2ccc(C3CC3)nc2)cc1F. The fraction of sp³-hybridized carbons (Fsp3) is 0.385. The molecule has 35 heavy (non-hydrogen) atoms. The number of nitrogens with one attached hydrogen (secondary N) is 1. The van der Waals surface area contributed by atoms with Crippen molar-refractivity contribution in [1.82, 2.24) is 19.9 Å². The number of nitriles is 1. The van der Waals surface area contributed by atoms with Crippen molar-refractivity contribution in [2.24, 2.45) is 5.41 Å². The van der Waals surface area contributed by atoms with Crippen molar-refractivity contribution in [2.75, 3.05) is 31.1 Å². The molecule has 9 heteroatoms. The Hall–Kier alpha value is -3.64. The number of hydrogen-bond donors (Lipinski definition) is 1. The second-order valence-electron chi connectivity index (χ2n) is 9.83. The number of halogens is 2. The molecule has 3 aromatic rings. The van der Waals surface area contributed by atoms with Gasteiger partial charge in [0.05, 0.1) is 17.4 Å². The van der Waals surface area contributed by atoms with Crippen LogP contribution in [0.25, 0.3) is 17.1 Å². The summed E-state index contributed by atoms with van der Waals surface area (Å²) in [7, 11) is 0. The highest BCUT2D eigenvalue weighted by Gasteiger charge is 2.42. The Kier molecular flexibility index (Phi) is 5.15. The first-order chi connectivity index (χ1) is 17.0. The molecule has 178 valence electrons. The Balaban J connectivity index is 1.50. The predicted molar refractivity (Wildman–Crippen MR) is 126 cm³/mol. The Morgan fingerprint density at radius 2 is 2.03 bits per heavy atom. The molecule has 1 N–H and O–H groups in total. The smallest absolute Gasteiger partial charge is 0.296 e. The van der Waals surface area contributed by atoms with Crippen LogP contribution in [0.2, 0.25) is 0 Å². The average Bonchev–Trinajstić information content (AvgIpc) is 3.49. The molecule has 0 bridgehead atoms. The van der Waals surface area contributed by atoms with Crippen molar-refractivity contribution in [3.8, 4) is 23.1 Å². The molecule has 6 rings (SSSR count). The van der Waals surface area contributed by atoms with Crippen molar-refractivity contribution in [3.63, 3.8) is 0 Å². The second-order valence-corrected chi connectivity index (χ2v) is 9.83. The van der Waals surface area contributed by atoms with E-state index in [9.17, 15) is 9.18 Å². The zero-order chi connectivity index (χ0) is 24.2. The zero-order valence-electron chi connectivity index (χ0n) is 19.1. The van der Waals surface area contributed by atoms with E-state index >= 15 is 4.39 Å². The minimum Gasteiger partial charge on any atom is -0.353 e. The summed E-state index contributed by atoms with van der Waals surface area (Å²) in [6.45, 7) is 2.97. The van der Waals surface area contributed by atoms with E-state index in [1.165, 1.54) is 18.3 Å². The Morgan fingerprint density at radius 3 is 2.69 bits per heavy atom. The van der Waals surface area contributed by atoms with Gasteiger partial charge in [0.15, 0.2) is 5.82 Å². The van der Waals surface area contributed by atoms with Crippen LogP contribution >= 0.6 is 0 Å². The van der Waals surface area contributed by atoms with E-state index in [-0.39, 0.29) is 28.2 Å². The van der Waals surface area contributed by atoms with E-state index in [1.54, 1.807) is 12.1 Å². The van der Waals surface area contributed by atoms with Gasteiger partial charge < -0.3 is 10.2 Å². The van der Waals surface area contributed by atoms with Gasteiger partial charge in [-0.05, 0) is 62.6 Å². The van der Waals surface area contributed by atoms with Gasteiger partial charge in [0.1, 0.15) is 17.7 Å². The lowest BCUT2D eigenvalue weighted by molar-refractivity contribution is 0.369. The molecule has 2 aromatic heterocycles. The Morgan fingerprint density at radius 1 is 1.17 bits per heavy atom. The van der Waals surface area contributed by atoms with Gasteiger partial charge in [-0.2, -0.15) is 9.65 Å². The van der Waals surface area contributed by atoms with E-state index in [1.807, 2.05) is 11.0 Å². The first-order valence-corrected chi connectivity index (χ1v) is 11.9. The van der Waals surface area contributed by atoms with Crippen LogP contribution in [0.5, 0.6) is 0 Å². The van der Waals surface area contributed by atoms with Gasteiger partial charge >= 0.3 is 0 Å². The number of pyridine rings is 1. The van der Waals surface area contributed by atoms with Crippen molar-refractivity contribution in [2.45, 2.75) is 31.6 Å². The summed E-state index contributed by atoms with van der Waals surface area (Å²) in [5.41, 5.74) is 0.645. The van der Waals surface area contributed by atoms with Crippen LogP contribution in [0.4, 0.5) is 14.6 Å². The van der Waals surface area contributed by atoms with E-state index in [0.717, 1.165) is 55.1 Å². The normalized spacial score (nSPS) is 21.6. The van der Waals surface area contributed by atoms with Gasteiger partial charge in [0, 0.05) is 42.2 Å².